The molecule has 21 heteroatoms. The third-order valence-electron chi connectivity index (χ3n) is 18.7. The molecule has 0 aromatic rings. The molecule has 420 valence electrons. The van der Waals surface area contributed by atoms with Gasteiger partial charge in [0.25, 0.3) is 0 Å². The van der Waals surface area contributed by atoms with Crippen molar-refractivity contribution in [3.63, 3.8) is 0 Å². The minimum atomic E-state index is -1.74. The number of allylic oxidation sites excluding steroid dienone is 2. The number of rotatable bonds is 17. The Labute approximate surface area is 427 Å². The number of hydrogen-bond acceptors (Lipinski definition) is 21. The summed E-state index contributed by atoms with van der Waals surface area (Å²) in [7, 11) is 0. The van der Waals surface area contributed by atoms with Crippen LogP contribution in [0.3, 0.4) is 0 Å². The highest BCUT2D eigenvalue weighted by Crippen LogP contribution is 2.67. The largest absolute Gasteiger partial charge is 0.495 e. The topological polar surface area (TPSA) is 326 Å². The summed E-state index contributed by atoms with van der Waals surface area (Å²) < 4.78 is 54.7. The molecule has 0 amide bonds. The fourth-order valence-electron chi connectivity index (χ4n) is 14.1. The van der Waals surface area contributed by atoms with Gasteiger partial charge in [0, 0.05) is 12.3 Å². The van der Waals surface area contributed by atoms with Crippen molar-refractivity contribution in [3.05, 3.63) is 24.0 Å². The van der Waals surface area contributed by atoms with Crippen molar-refractivity contribution in [2.24, 2.45) is 40.4 Å². The summed E-state index contributed by atoms with van der Waals surface area (Å²) in [6.07, 6.45) is -18.4. The highest BCUT2D eigenvalue weighted by molar-refractivity contribution is 5.26. The molecule has 73 heavy (non-hydrogen) atoms. The fraction of sp³-hybridized carbons (Fsp3) is 0.923. The number of aliphatic hydroxyl groups is 12. The Bertz CT molecular complexity index is 1860. The molecule has 8 rings (SSSR count). The van der Waals surface area contributed by atoms with Crippen LogP contribution in [0.5, 0.6) is 0 Å². The molecule has 0 bridgehead atoms. The molecule has 0 aromatic heterocycles. The van der Waals surface area contributed by atoms with E-state index in [-0.39, 0.29) is 29.5 Å². The second-order valence-electron chi connectivity index (χ2n) is 23.2. The first-order valence-electron chi connectivity index (χ1n) is 26.8. The van der Waals surface area contributed by atoms with Crippen LogP contribution >= 0.6 is 0 Å². The maximum absolute atomic E-state index is 12.1. The molecule has 4 aliphatic heterocycles. The molecule has 3 saturated carbocycles. The van der Waals surface area contributed by atoms with Crippen molar-refractivity contribution in [1.29, 1.82) is 0 Å². The lowest BCUT2D eigenvalue weighted by molar-refractivity contribution is -0.388. The third kappa shape index (κ3) is 11.2. The van der Waals surface area contributed by atoms with E-state index >= 15 is 0 Å². The summed E-state index contributed by atoms with van der Waals surface area (Å²) in [6, 6.07) is 0. The van der Waals surface area contributed by atoms with Crippen LogP contribution in [-0.2, 0) is 42.6 Å². The Morgan fingerprint density at radius 1 is 0.685 bits per heavy atom. The molecule has 29 atom stereocenters. The van der Waals surface area contributed by atoms with Crippen molar-refractivity contribution in [2.45, 2.75) is 241 Å². The molecule has 4 aliphatic carbocycles. The number of ether oxygens (including phenoxy) is 9. The van der Waals surface area contributed by atoms with Gasteiger partial charge in [-0.25, -0.2) is 0 Å². The van der Waals surface area contributed by atoms with Crippen molar-refractivity contribution < 1.29 is 104 Å². The van der Waals surface area contributed by atoms with E-state index in [4.69, 9.17) is 42.6 Å². The third-order valence-corrected chi connectivity index (χ3v) is 18.7. The zero-order chi connectivity index (χ0) is 53.0. The van der Waals surface area contributed by atoms with Gasteiger partial charge in [-0.2, -0.15) is 0 Å². The Morgan fingerprint density at radius 2 is 1.27 bits per heavy atom. The van der Waals surface area contributed by atoms with Crippen LogP contribution in [0, 0.1) is 40.4 Å². The first kappa shape index (κ1) is 57.6. The normalized spacial score (nSPS) is 51.6. The maximum Gasteiger partial charge on any atom is 0.187 e. The second kappa shape index (κ2) is 23.4. The van der Waals surface area contributed by atoms with Crippen molar-refractivity contribution >= 4 is 0 Å². The molecule has 0 aromatic carbocycles. The molecule has 21 nitrogen and oxygen atoms in total. The summed E-state index contributed by atoms with van der Waals surface area (Å²) in [5.41, 5.74) is 1.26. The summed E-state index contributed by atoms with van der Waals surface area (Å²) in [5, 5.41) is 126. The smallest absolute Gasteiger partial charge is 0.187 e. The van der Waals surface area contributed by atoms with Gasteiger partial charge < -0.3 is 104 Å². The first-order valence-corrected chi connectivity index (χ1v) is 26.8. The van der Waals surface area contributed by atoms with E-state index in [0.717, 1.165) is 38.5 Å². The summed E-state index contributed by atoms with van der Waals surface area (Å²) in [5.74, 6) is 2.38. The van der Waals surface area contributed by atoms with Gasteiger partial charge in [-0.15, -0.1) is 0 Å². The SMILES string of the molecule is C=C(CCC(C)COC1OC(CO)C(O)C(O)C1O)OC1CC2C3CC=C4CC(OC5OC(CO)C(OC6OC(C)C(O)C(O)C6O)C(O)C5OC5OC(C)C(O)C(O)C5O)CCC4(C)C3CCC2(C)C1CC. The quantitative estimate of drug-likeness (QED) is 0.0652. The standard InChI is InChI=1S/C52H86O21/c1-8-29-32(66-23(3)10-9-22(2)21-65-47-41(61)40(60)37(57)33(19-53)70-47)18-31-28-12-11-26-17-27(13-15-51(26,6)30(28)14-16-52(29,31)7)69-50-46(73-49-43(63)39(59)36(56)25(5)68-49)44(64)45(34(20-54)71-50)72-48-42(62)38(58)35(55)24(4)67-48/h11,22,24-25,27-50,53-64H,3,8-10,12-21H2,1-2,4-7H3. The second-order valence-corrected chi connectivity index (χ2v) is 23.2. The molecular weight excluding hydrogens is 961 g/mol. The van der Waals surface area contributed by atoms with Crippen LogP contribution in [0.4, 0.5) is 0 Å². The van der Waals surface area contributed by atoms with E-state index in [0.29, 0.717) is 55.1 Å². The molecular formula is C52H86O21. The van der Waals surface area contributed by atoms with E-state index in [1.807, 2.05) is 6.92 Å². The van der Waals surface area contributed by atoms with Gasteiger partial charge in [-0.3, -0.25) is 0 Å². The average Bonchev–Trinajstić information content (AvgIpc) is 3.66. The molecule has 29 unspecified atom stereocenters. The number of hydrogen-bond donors (Lipinski definition) is 12. The van der Waals surface area contributed by atoms with Gasteiger partial charge in [0.15, 0.2) is 25.2 Å². The zero-order valence-corrected chi connectivity index (χ0v) is 43.1. The van der Waals surface area contributed by atoms with Crippen LogP contribution in [0.1, 0.15) is 106 Å². The fourth-order valence-corrected chi connectivity index (χ4v) is 14.1. The predicted octanol–water partition coefficient (Wildman–Crippen LogP) is -0.394. The van der Waals surface area contributed by atoms with E-state index in [1.165, 1.54) is 19.4 Å². The lowest BCUT2D eigenvalue weighted by Crippen LogP contribution is -2.66. The monoisotopic (exact) mass is 1050 g/mol. The van der Waals surface area contributed by atoms with Crippen LogP contribution < -0.4 is 0 Å². The highest BCUT2D eigenvalue weighted by Gasteiger charge is 2.62. The first-order chi connectivity index (χ1) is 34.6. The lowest BCUT2D eigenvalue weighted by atomic mass is 9.47. The van der Waals surface area contributed by atoms with E-state index < -0.39 is 142 Å². The Kier molecular flexibility index (Phi) is 18.5. The van der Waals surface area contributed by atoms with Crippen molar-refractivity contribution in [3.8, 4) is 0 Å². The van der Waals surface area contributed by atoms with Crippen LogP contribution in [-0.4, -0.2) is 216 Å². The Morgan fingerprint density at radius 3 is 1.89 bits per heavy atom. The van der Waals surface area contributed by atoms with Gasteiger partial charge in [0.1, 0.15) is 91.6 Å². The predicted molar refractivity (Wildman–Crippen MR) is 254 cm³/mol. The van der Waals surface area contributed by atoms with Gasteiger partial charge in [0.2, 0.25) is 0 Å². The Hall–Kier alpha value is -1.52. The summed E-state index contributed by atoms with van der Waals surface area (Å²) >= 11 is 0. The number of aliphatic hydroxyl groups excluding tert-OH is 12. The van der Waals surface area contributed by atoms with E-state index in [2.05, 4.69) is 33.4 Å². The van der Waals surface area contributed by atoms with Crippen LogP contribution in [0.2, 0.25) is 0 Å². The molecule has 4 heterocycles. The van der Waals surface area contributed by atoms with Crippen LogP contribution in [0.15, 0.2) is 24.0 Å². The minimum Gasteiger partial charge on any atom is -0.495 e. The molecule has 12 N–H and O–H groups in total. The van der Waals surface area contributed by atoms with Gasteiger partial charge >= 0.3 is 0 Å². The molecule has 7 fully saturated rings. The zero-order valence-electron chi connectivity index (χ0n) is 43.1. The van der Waals surface area contributed by atoms with Gasteiger partial charge in [-0.1, -0.05) is 45.9 Å². The molecule has 4 saturated heterocycles. The lowest BCUT2D eigenvalue weighted by Gasteiger charge is -2.58. The Balaban J connectivity index is 0.912. The average molecular weight is 1050 g/mol. The molecule has 0 radical (unpaired) electrons. The maximum atomic E-state index is 12.1. The van der Waals surface area contributed by atoms with E-state index in [9.17, 15) is 61.3 Å². The number of fused-ring (bicyclic) bond motifs is 5. The summed E-state index contributed by atoms with van der Waals surface area (Å²) in [4.78, 5) is 0. The van der Waals surface area contributed by atoms with Crippen molar-refractivity contribution in [2.75, 3.05) is 19.8 Å². The highest BCUT2D eigenvalue weighted by atomic mass is 16.8. The van der Waals surface area contributed by atoms with Crippen molar-refractivity contribution in [1.82, 2.24) is 0 Å². The minimum absolute atomic E-state index is 0.0166. The van der Waals surface area contributed by atoms with Gasteiger partial charge in [-0.05, 0) is 106 Å². The summed E-state index contributed by atoms with van der Waals surface area (Å²) in [6.45, 7) is 15.4. The van der Waals surface area contributed by atoms with Crippen LogP contribution in [0.25, 0.3) is 0 Å². The molecule has 0 spiro atoms. The molecule has 8 aliphatic rings. The van der Waals surface area contributed by atoms with E-state index in [1.54, 1.807) is 0 Å². The van der Waals surface area contributed by atoms with Gasteiger partial charge in [0.05, 0.1) is 43.9 Å².